The number of benzene rings is 1. The number of non-ortho nitro benzene ring substituents is 1. The van der Waals surface area contributed by atoms with Crippen molar-refractivity contribution in [3.63, 3.8) is 0 Å². The van der Waals surface area contributed by atoms with Crippen molar-refractivity contribution < 1.29 is 4.92 Å². The maximum Gasteiger partial charge on any atom is 0.271 e. The predicted molar refractivity (Wildman–Crippen MR) is 74.1 cm³/mol. The molecule has 2 aromatic rings. The molecular weight excluding hydrogens is 248 g/mol. The van der Waals surface area contributed by atoms with Crippen LogP contribution >= 0.6 is 11.3 Å². The molecule has 0 unspecified atom stereocenters. The van der Waals surface area contributed by atoms with Gasteiger partial charge in [0.05, 0.1) is 4.92 Å². The first-order chi connectivity index (χ1) is 8.70. The highest BCUT2D eigenvalue weighted by molar-refractivity contribution is 7.10. The summed E-state index contributed by atoms with van der Waals surface area (Å²) in [5.74, 6) is 0. The molecule has 0 aliphatic carbocycles. The molecule has 0 spiro atoms. The van der Waals surface area contributed by atoms with Gasteiger partial charge in [0, 0.05) is 29.2 Å². The maximum atomic E-state index is 10.7. The Morgan fingerprint density at radius 3 is 2.94 bits per heavy atom. The molecule has 0 atom stereocenters. The lowest BCUT2D eigenvalue weighted by atomic mass is 10.2. The summed E-state index contributed by atoms with van der Waals surface area (Å²) in [7, 11) is 0. The topological polar surface area (TPSA) is 55.2 Å². The number of nitro benzene ring substituents is 1. The van der Waals surface area contributed by atoms with Gasteiger partial charge in [0.15, 0.2) is 0 Å². The second-order valence-corrected chi connectivity index (χ2v) is 4.88. The van der Waals surface area contributed by atoms with Gasteiger partial charge < -0.3 is 5.32 Å². The van der Waals surface area contributed by atoms with Crippen LogP contribution in [0.3, 0.4) is 0 Å². The number of anilines is 1. The molecule has 2 rings (SSSR count). The van der Waals surface area contributed by atoms with Crippen molar-refractivity contribution in [2.45, 2.75) is 19.9 Å². The second kappa shape index (κ2) is 5.64. The molecule has 1 N–H and O–H groups in total. The van der Waals surface area contributed by atoms with Crippen LogP contribution in [-0.4, -0.2) is 4.92 Å². The minimum atomic E-state index is -0.381. The van der Waals surface area contributed by atoms with Crippen LogP contribution in [0, 0.1) is 10.1 Å². The van der Waals surface area contributed by atoms with Crippen molar-refractivity contribution in [2.24, 2.45) is 0 Å². The second-order valence-electron chi connectivity index (χ2n) is 3.88. The lowest BCUT2D eigenvalue weighted by Crippen LogP contribution is -2.00. The normalized spacial score (nSPS) is 10.3. The Bertz CT molecular complexity index is 551. The Kier molecular flexibility index (Phi) is 3.94. The van der Waals surface area contributed by atoms with Gasteiger partial charge in [-0.2, -0.15) is 0 Å². The van der Waals surface area contributed by atoms with Crippen molar-refractivity contribution in [2.75, 3.05) is 5.32 Å². The first-order valence-electron chi connectivity index (χ1n) is 5.74. The van der Waals surface area contributed by atoms with Crippen LogP contribution in [0.1, 0.15) is 17.4 Å². The van der Waals surface area contributed by atoms with Gasteiger partial charge in [-0.1, -0.05) is 13.0 Å². The van der Waals surface area contributed by atoms with Gasteiger partial charge in [0.2, 0.25) is 0 Å². The summed E-state index contributed by atoms with van der Waals surface area (Å²) in [6.07, 6.45) is 1.01. The van der Waals surface area contributed by atoms with E-state index in [4.69, 9.17) is 0 Å². The summed E-state index contributed by atoms with van der Waals surface area (Å²) in [5, 5.41) is 16.0. The Labute approximate surface area is 109 Å². The summed E-state index contributed by atoms with van der Waals surface area (Å²) in [6.45, 7) is 2.83. The zero-order valence-corrected chi connectivity index (χ0v) is 10.9. The zero-order valence-electron chi connectivity index (χ0n) is 10.1. The Hall–Kier alpha value is -1.88. The lowest BCUT2D eigenvalue weighted by molar-refractivity contribution is -0.384. The standard InChI is InChI=1S/C13H14N2O2S/c1-2-10-6-7-18-13(10)9-14-11-4-3-5-12(8-11)15(16)17/h3-8,14H,2,9H2,1H3. The highest BCUT2D eigenvalue weighted by Crippen LogP contribution is 2.21. The molecule has 0 aliphatic heterocycles. The van der Waals surface area contributed by atoms with Gasteiger partial charge in [-0.15, -0.1) is 11.3 Å². The van der Waals surface area contributed by atoms with Crippen LogP contribution in [0.4, 0.5) is 11.4 Å². The van der Waals surface area contributed by atoms with E-state index in [1.807, 2.05) is 6.07 Å². The van der Waals surface area contributed by atoms with E-state index in [0.29, 0.717) is 6.54 Å². The average Bonchev–Trinajstić information content (AvgIpc) is 2.84. The number of hydrogen-bond acceptors (Lipinski definition) is 4. The third-order valence-electron chi connectivity index (χ3n) is 2.73. The van der Waals surface area contributed by atoms with Crippen molar-refractivity contribution in [3.8, 4) is 0 Å². The molecule has 0 amide bonds. The van der Waals surface area contributed by atoms with E-state index in [-0.39, 0.29) is 10.6 Å². The van der Waals surface area contributed by atoms with Crippen LogP contribution in [0.15, 0.2) is 35.7 Å². The van der Waals surface area contributed by atoms with Crippen molar-refractivity contribution in [3.05, 3.63) is 56.3 Å². The monoisotopic (exact) mass is 262 g/mol. The van der Waals surface area contributed by atoms with E-state index in [2.05, 4.69) is 23.7 Å². The highest BCUT2D eigenvalue weighted by Gasteiger charge is 2.06. The number of nitrogens with zero attached hydrogens (tertiary/aromatic N) is 1. The van der Waals surface area contributed by atoms with E-state index >= 15 is 0 Å². The lowest BCUT2D eigenvalue weighted by Gasteiger charge is -2.06. The van der Waals surface area contributed by atoms with E-state index in [0.717, 1.165) is 12.1 Å². The van der Waals surface area contributed by atoms with Crippen molar-refractivity contribution >= 4 is 22.7 Å². The molecule has 0 fully saturated rings. The van der Waals surface area contributed by atoms with E-state index in [9.17, 15) is 10.1 Å². The summed E-state index contributed by atoms with van der Waals surface area (Å²) in [4.78, 5) is 11.6. The van der Waals surface area contributed by atoms with Gasteiger partial charge in [-0.05, 0) is 29.5 Å². The third-order valence-corrected chi connectivity index (χ3v) is 3.69. The minimum Gasteiger partial charge on any atom is -0.380 e. The van der Waals surface area contributed by atoms with Crippen LogP contribution < -0.4 is 5.32 Å². The van der Waals surface area contributed by atoms with Crippen LogP contribution in [0.5, 0.6) is 0 Å². The van der Waals surface area contributed by atoms with Gasteiger partial charge in [0.25, 0.3) is 5.69 Å². The predicted octanol–water partition coefficient (Wildman–Crippen LogP) is 3.83. The van der Waals surface area contributed by atoms with Crippen LogP contribution in [0.25, 0.3) is 0 Å². The first-order valence-corrected chi connectivity index (χ1v) is 6.62. The summed E-state index contributed by atoms with van der Waals surface area (Å²) >= 11 is 1.71. The van der Waals surface area contributed by atoms with E-state index in [1.165, 1.54) is 16.5 Å². The first kappa shape index (κ1) is 12.6. The number of nitro groups is 1. The molecule has 0 radical (unpaired) electrons. The molecule has 4 nitrogen and oxygen atoms in total. The SMILES string of the molecule is CCc1ccsc1CNc1cccc([N+](=O)[O-])c1. The molecule has 18 heavy (non-hydrogen) atoms. The quantitative estimate of drug-likeness (QED) is 0.658. The average molecular weight is 262 g/mol. The Morgan fingerprint density at radius 2 is 2.22 bits per heavy atom. The number of nitrogens with one attached hydrogen (secondary N) is 1. The largest absolute Gasteiger partial charge is 0.380 e. The van der Waals surface area contributed by atoms with Gasteiger partial charge in [-0.3, -0.25) is 10.1 Å². The van der Waals surface area contributed by atoms with Crippen LogP contribution in [0.2, 0.25) is 0 Å². The molecule has 1 aromatic carbocycles. The number of aryl methyl sites for hydroxylation is 1. The Morgan fingerprint density at radius 1 is 1.39 bits per heavy atom. The van der Waals surface area contributed by atoms with Gasteiger partial charge in [0.1, 0.15) is 0 Å². The van der Waals surface area contributed by atoms with Crippen molar-refractivity contribution in [1.82, 2.24) is 0 Å². The Balaban J connectivity index is 2.06. The third kappa shape index (κ3) is 2.87. The fraction of sp³-hybridized carbons (Fsp3) is 0.231. The van der Waals surface area contributed by atoms with Crippen molar-refractivity contribution in [1.29, 1.82) is 0 Å². The summed E-state index contributed by atoms with van der Waals surface area (Å²) in [5.41, 5.74) is 2.22. The fourth-order valence-corrected chi connectivity index (χ4v) is 2.66. The fourth-order valence-electron chi connectivity index (χ4n) is 1.75. The molecule has 0 saturated carbocycles. The maximum absolute atomic E-state index is 10.7. The van der Waals surface area contributed by atoms with Gasteiger partial charge >= 0.3 is 0 Å². The zero-order chi connectivity index (χ0) is 13.0. The highest BCUT2D eigenvalue weighted by atomic mass is 32.1. The summed E-state index contributed by atoms with van der Waals surface area (Å²) < 4.78 is 0. The van der Waals surface area contributed by atoms with E-state index < -0.39 is 0 Å². The van der Waals surface area contributed by atoms with E-state index in [1.54, 1.807) is 23.5 Å². The molecule has 0 aliphatic rings. The van der Waals surface area contributed by atoms with Crippen LogP contribution in [-0.2, 0) is 13.0 Å². The number of rotatable bonds is 5. The molecule has 1 aromatic heterocycles. The molecule has 0 saturated heterocycles. The smallest absolute Gasteiger partial charge is 0.271 e. The molecule has 1 heterocycles. The van der Waals surface area contributed by atoms with Gasteiger partial charge in [-0.25, -0.2) is 0 Å². The molecule has 94 valence electrons. The molecular formula is C13H14N2O2S. The minimum absolute atomic E-state index is 0.113. The summed E-state index contributed by atoms with van der Waals surface area (Å²) in [6, 6.07) is 8.70. The molecule has 5 heteroatoms. The molecule has 0 bridgehead atoms. The number of thiophene rings is 1. The number of hydrogen-bond donors (Lipinski definition) is 1.